The SMILES string of the molecule is CCCN(CC(=O)Nc1cccc(C(=O)NCC)c1)S(=O)(=O)c1ccc(Cl)cc1. The molecule has 29 heavy (non-hydrogen) atoms. The van der Waals surface area contributed by atoms with E-state index in [2.05, 4.69) is 10.6 Å². The lowest BCUT2D eigenvalue weighted by Crippen LogP contribution is -2.38. The number of halogens is 1. The zero-order valence-electron chi connectivity index (χ0n) is 16.3. The van der Waals surface area contributed by atoms with E-state index >= 15 is 0 Å². The average molecular weight is 438 g/mol. The first-order chi connectivity index (χ1) is 13.8. The molecule has 0 radical (unpaired) electrons. The highest BCUT2D eigenvalue weighted by molar-refractivity contribution is 7.89. The van der Waals surface area contributed by atoms with Crippen molar-refractivity contribution in [2.75, 3.05) is 25.0 Å². The van der Waals surface area contributed by atoms with Crippen molar-refractivity contribution in [3.63, 3.8) is 0 Å². The molecule has 2 aromatic rings. The molecule has 156 valence electrons. The molecule has 0 spiro atoms. The number of nitrogens with one attached hydrogen (secondary N) is 2. The second-order valence-electron chi connectivity index (χ2n) is 6.28. The van der Waals surface area contributed by atoms with Gasteiger partial charge in [0.1, 0.15) is 0 Å². The molecule has 2 N–H and O–H groups in total. The maximum atomic E-state index is 12.9. The summed E-state index contributed by atoms with van der Waals surface area (Å²) in [5, 5.41) is 5.77. The van der Waals surface area contributed by atoms with Crippen LogP contribution in [0.4, 0.5) is 5.69 Å². The van der Waals surface area contributed by atoms with Crippen LogP contribution in [0.1, 0.15) is 30.6 Å². The van der Waals surface area contributed by atoms with Gasteiger partial charge in [0, 0.05) is 29.4 Å². The van der Waals surface area contributed by atoms with Crippen LogP contribution in [0.2, 0.25) is 5.02 Å². The molecule has 0 bridgehead atoms. The van der Waals surface area contributed by atoms with E-state index in [0.717, 1.165) is 4.31 Å². The summed E-state index contributed by atoms with van der Waals surface area (Å²) < 4.78 is 26.9. The number of carbonyl (C=O) groups is 2. The standard InChI is InChI=1S/C20H24ClN3O4S/c1-3-12-24(29(27,28)18-10-8-16(21)9-11-18)14-19(25)23-17-7-5-6-15(13-17)20(26)22-4-2/h5-11,13H,3-4,12,14H2,1-2H3,(H,22,26)(H,23,25). The van der Waals surface area contributed by atoms with E-state index in [9.17, 15) is 18.0 Å². The Kier molecular flexibility index (Phi) is 8.19. The maximum absolute atomic E-state index is 12.9. The summed E-state index contributed by atoms with van der Waals surface area (Å²) >= 11 is 5.83. The van der Waals surface area contributed by atoms with Crippen LogP contribution in [-0.2, 0) is 14.8 Å². The van der Waals surface area contributed by atoms with Gasteiger partial charge in [-0.15, -0.1) is 0 Å². The van der Waals surface area contributed by atoms with Gasteiger partial charge in [0.25, 0.3) is 5.91 Å². The zero-order valence-corrected chi connectivity index (χ0v) is 17.9. The first-order valence-electron chi connectivity index (χ1n) is 9.21. The molecule has 2 rings (SSSR count). The van der Waals surface area contributed by atoms with E-state index < -0.39 is 15.9 Å². The lowest BCUT2D eigenvalue weighted by atomic mass is 10.2. The summed E-state index contributed by atoms with van der Waals surface area (Å²) in [6, 6.07) is 12.3. The molecular formula is C20H24ClN3O4S. The van der Waals surface area contributed by atoms with Gasteiger partial charge in [-0.25, -0.2) is 8.42 Å². The molecular weight excluding hydrogens is 414 g/mol. The largest absolute Gasteiger partial charge is 0.352 e. The molecule has 0 aliphatic carbocycles. The van der Waals surface area contributed by atoms with Gasteiger partial charge in [-0.3, -0.25) is 9.59 Å². The van der Waals surface area contributed by atoms with Gasteiger partial charge in [-0.1, -0.05) is 24.6 Å². The van der Waals surface area contributed by atoms with Crippen LogP contribution in [0.15, 0.2) is 53.4 Å². The first-order valence-corrected chi connectivity index (χ1v) is 11.0. The Morgan fingerprint density at radius 3 is 2.38 bits per heavy atom. The maximum Gasteiger partial charge on any atom is 0.251 e. The quantitative estimate of drug-likeness (QED) is 0.630. The van der Waals surface area contributed by atoms with Crippen LogP contribution in [0.5, 0.6) is 0 Å². The number of hydrogen-bond acceptors (Lipinski definition) is 4. The Bertz CT molecular complexity index is 962. The van der Waals surface area contributed by atoms with E-state index in [-0.39, 0.29) is 23.9 Å². The predicted molar refractivity (Wildman–Crippen MR) is 114 cm³/mol. The second-order valence-corrected chi connectivity index (χ2v) is 8.66. The third-order valence-corrected chi connectivity index (χ3v) is 6.10. The molecule has 0 saturated carbocycles. The molecule has 2 amide bonds. The van der Waals surface area contributed by atoms with Gasteiger partial charge in [0.2, 0.25) is 15.9 Å². The summed E-state index contributed by atoms with van der Waals surface area (Å²) in [5.74, 6) is -0.745. The van der Waals surface area contributed by atoms with Gasteiger partial charge < -0.3 is 10.6 Å². The summed E-state index contributed by atoms with van der Waals surface area (Å²) in [6.45, 7) is 3.98. The fraction of sp³-hybridized carbons (Fsp3) is 0.300. The molecule has 9 heteroatoms. The summed E-state index contributed by atoms with van der Waals surface area (Å²) in [7, 11) is -3.85. The summed E-state index contributed by atoms with van der Waals surface area (Å²) in [4.78, 5) is 24.5. The van der Waals surface area contributed by atoms with Crippen molar-refractivity contribution in [3.8, 4) is 0 Å². The Labute approximate surface area is 176 Å². The highest BCUT2D eigenvalue weighted by atomic mass is 35.5. The second kappa shape index (κ2) is 10.4. The number of nitrogens with zero attached hydrogens (tertiary/aromatic N) is 1. The third kappa shape index (κ3) is 6.28. The number of anilines is 1. The highest BCUT2D eigenvalue weighted by Gasteiger charge is 2.26. The fourth-order valence-electron chi connectivity index (χ4n) is 2.65. The van der Waals surface area contributed by atoms with E-state index in [1.165, 1.54) is 24.3 Å². The van der Waals surface area contributed by atoms with E-state index in [4.69, 9.17) is 11.6 Å². The smallest absolute Gasteiger partial charge is 0.251 e. The number of sulfonamides is 1. The van der Waals surface area contributed by atoms with Gasteiger partial charge >= 0.3 is 0 Å². The molecule has 7 nitrogen and oxygen atoms in total. The van der Waals surface area contributed by atoms with Gasteiger partial charge in [-0.05, 0) is 55.8 Å². The molecule has 0 atom stereocenters. The van der Waals surface area contributed by atoms with Gasteiger partial charge in [0.15, 0.2) is 0 Å². The van der Waals surface area contributed by atoms with E-state index in [1.54, 1.807) is 24.3 Å². The van der Waals surface area contributed by atoms with Crippen LogP contribution in [0, 0.1) is 0 Å². The molecule has 2 aromatic carbocycles. The van der Waals surface area contributed by atoms with Crippen molar-refractivity contribution in [3.05, 3.63) is 59.1 Å². The van der Waals surface area contributed by atoms with E-state index in [1.807, 2.05) is 13.8 Å². The van der Waals surface area contributed by atoms with E-state index in [0.29, 0.717) is 29.2 Å². The van der Waals surface area contributed by atoms with Crippen molar-refractivity contribution in [1.29, 1.82) is 0 Å². The molecule has 0 unspecified atom stereocenters. The topological polar surface area (TPSA) is 95.6 Å². The monoisotopic (exact) mass is 437 g/mol. The van der Waals surface area contributed by atoms with Crippen LogP contribution >= 0.6 is 11.6 Å². The minimum absolute atomic E-state index is 0.0707. The Balaban J connectivity index is 2.15. The molecule has 0 saturated heterocycles. The normalized spacial score (nSPS) is 11.3. The van der Waals surface area contributed by atoms with Crippen molar-refractivity contribution in [2.24, 2.45) is 0 Å². The van der Waals surface area contributed by atoms with Crippen LogP contribution in [0.3, 0.4) is 0 Å². The summed E-state index contributed by atoms with van der Waals surface area (Å²) in [5.41, 5.74) is 0.822. The van der Waals surface area contributed by atoms with Crippen molar-refractivity contribution in [1.82, 2.24) is 9.62 Å². The minimum Gasteiger partial charge on any atom is -0.352 e. The first kappa shape index (κ1) is 22.9. The lowest BCUT2D eigenvalue weighted by Gasteiger charge is -2.21. The number of hydrogen-bond donors (Lipinski definition) is 2. The minimum atomic E-state index is -3.85. The molecule has 0 aliphatic heterocycles. The Morgan fingerprint density at radius 2 is 1.76 bits per heavy atom. The third-order valence-electron chi connectivity index (χ3n) is 3.99. The van der Waals surface area contributed by atoms with Crippen LogP contribution in [-0.4, -0.2) is 44.2 Å². The number of carbonyl (C=O) groups excluding carboxylic acids is 2. The van der Waals surface area contributed by atoms with Crippen LogP contribution in [0.25, 0.3) is 0 Å². The predicted octanol–water partition coefficient (Wildman–Crippen LogP) is 3.13. The van der Waals surface area contributed by atoms with Crippen molar-refractivity contribution >= 4 is 39.1 Å². The van der Waals surface area contributed by atoms with Crippen molar-refractivity contribution in [2.45, 2.75) is 25.2 Å². The molecule has 0 aromatic heterocycles. The zero-order chi connectivity index (χ0) is 21.4. The number of amides is 2. The fourth-order valence-corrected chi connectivity index (χ4v) is 4.27. The lowest BCUT2D eigenvalue weighted by molar-refractivity contribution is -0.116. The molecule has 0 aliphatic rings. The van der Waals surface area contributed by atoms with Gasteiger partial charge in [-0.2, -0.15) is 4.31 Å². The summed E-state index contributed by atoms with van der Waals surface area (Å²) in [6.07, 6.45) is 0.548. The molecule has 0 heterocycles. The van der Waals surface area contributed by atoms with Crippen LogP contribution < -0.4 is 10.6 Å². The Morgan fingerprint density at radius 1 is 1.07 bits per heavy atom. The highest BCUT2D eigenvalue weighted by Crippen LogP contribution is 2.19. The molecule has 0 fully saturated rings. The average Bonchev–Trinajstić information content (AvgIpc) is 2.68. The Hall–Kier alpha value is -2.42. The van der Waals surface area contributed by atoms with Crippen molar-refractivity contribution < 1.29 is 18.0 Å². The number of rotatable bonds is 9. The number of benzene rings is 2. The van der Waals surface area contributed by atoms with Gasteiger partial charge in [0.05, 0.1) is 11.4 Å².